The highest BCUT2D eigenvalue weighted by Gasteiger charge is 2.16. The molecule has 1 heterocycles. The van der Waals surface area contributed by atoms with Crippen LogP contribution in [0.5, 0.6) is 0 Å². The zero-order valence-corrected chi connectivity index (χ0v) is 18.6. The number of thiazole rings is 1. The Labute approximate surface area is 188 Å². The molecule has 0 radical (unpaired) electrons. The summed E-state index contributed by atoms with van der Waals surface area (Å²) >= 11 is 7.10. The maximum atomic E-state index is 12.6. The van der Waals surface area contributed by atoms with Crippen molar-refractivity contribution in [2.75, 3.05) is 15.4 Å². The molecular formula is C21H17ClN4O3S2. The number of fused-ring (bicyclic) bond motifs is 1. The normalized spacial score (nSPS) is 11.3. The van der Waals surface area contributed by atoms with Crippen molar-refractivity contribution < 1.29 is 13.2 Å². The molecule has 0 bridgehead atoms. The lowest BCUT2D eigenvalue weighted by molar-refractivity contribution is 0.262. The van der Waals surface area contributed by atoms with E-state index in [-0.39, 0.29) is 10.0 Å². The van der Waals surface area contributed by atoms with E-state index in [0.29, 0.717) is 21.9 Å². The van der Waals surface area contributed by atoms with Gasteiger partial charge in [-0.3, -0.25) is 4.72 Å². The molecule has 0 unspecified atom stereocenters. The fourth-order valence-electron chi connectivity index (χ4n) is 2.80. The third-order valence-corrected chi connectivity index (χ3v) is 6.93. The second kappa shape index (κ2) is 8.54. The molecule has 0 spiro atoms. The minimum Gasteiger partial charge on any atom is -0.308 e. The number of urea groups is 1. The lowest BCUT2D eigenvalue weighted by atomic mass is 10.2. The predicted molar refractivity (Wildman–Crippen MR) is 126 cm³/mol. The average molecular weight is 473 g/mol. The van der Waals surface area contributed by atoms with Crippen LogP contribution in [0.25, 0.3) is 10.2 Å². The number of hydrogen-bond donors (Lipinski definition) is 3. The maximum Gasteiger partial charge on any atom is 0.323 e. The third-order valence-electron chi connectivity index (χ3n) is 4.28. The smallest absolute Gasteiger partial charge is 0.308 e. The van der Waals surface area contributed by atoms with Crippen LogP contribution < -0.4 is 15.4 Å². The predicted octanol–water partition coefficient (Wildman–Crippen LogP) is 5.70. The standard InChI is InChI=1S/C21H17ClN4O3S2/c1-13-5-8-17(9-6-13)31(28,29)26-21-25-18-10-7-16(12-19(18)30-21)24-20(27)23-15-4-2-3-14(22)11-15/h2-12H,1H3,(H,25,26)(H2,23,24,27). The minimum absolute atomic E-state index is 0.164. The second-order valence-electron chi connectivity index (χ2n) is 6.71. The summed E-state index contributed by atoms with van der Waals surface area (Å²) < 4.78 is 28.4. The van der Waals surface area contributed by atoms with Gasteiger partial charge in [-0.25, -0.2) is 18.2 Å². The first-order chi connectivity index (χ1) is 14.8. The van der Waals surface area contributed by atoms with Gasteiger partial charge in [0.2, 0.25) is 0 Å². The molecule has 0 atom stereocenters. The molecule has 3 aromatic carbocycles. The highest BCUT2D eigenvalue weighted by Crippen LogP contribution is 2.30. The lowest BCUT2D eigenvalue weighted by Crippen LogP contribution is -2.19. The summed E-state index contributed by atoms with van der Waals surface area (Å²) in [5.74, 6) is 0. The molecule has 0 saturated carbocycles. The van der Waals surface area contributed by atoms with Gasteiger partial charge in [0, 0.05) is 16.4 Å². The van der Waals surface area contributed by atoms with Crippen molar-refractivity contribution >= 4 is 65.7 Å². The van der Waals surface area contributed by atoms with Crippen molar-refractivity contribution in [1.29, 1.82) is 0 Å². The van der Waals surface area contributed by atoms with Crippen molar-refractivity contribution in [3.05, 3.63) is 77.3 Å². The first-order valence-corrected chi connectivity index (χ1v) is 11.8. The molecule has 2 amide bonds. The van der Waals surface area contributed by atoms with E-state index >= 15 is 0 Å². The summed E-state index contributed by atoms with van der Waals surface area (Å²) in [5, 5.41) is 6.20. The Hall–Kier alpha value is -3.14. The zero-order chi connectivity index (χ0) is 22.0. The zero-order valence-electron chi connectivity index (χ0n) is 16.2. The number of amides is 2. The number of sulfonamides is 1. The topological polar surface area (TPSA) is 100 Å². The number of anilines is 3. The Morgan fingerprint density at radius 3 is 2.39 bits per heavy atom. The van der Waals surface area contributed by atoms with Crippen molar-refractivity contribution in [2.24, 2.45) is 0 Å². The van der Waals surface area contributed by atoms with Crippen LogP contribution in [0.3, 0.4) is 0 Å². The molecule has 158 valence electrons. The monoisotopic (exact) mass is 472 g/mol. The maximum absolute atomic E-state index is 12.6. The van der Waals surface area contributed by atoms with Gasteiger partial charge in [0.25, 0.3) is 10.0 Å². The molecule has 0 saturated heterocycles. The quantitative estimate of drug-likeness (QED) is 0.346. The van der Waals surface area contributed by atoms with Crippen LogP contribution in [0.2, 0.25) is 5.02 Å². The number of nitrogens with one attached hydrogen (secondary N) is 3. The molecule has 0 aliphatic rings. The molecule has 10 heteroatoms. The first-order valence-electron chi connectivity index (χ1n) is 9.12. The largest absolute Gasteiger partial charge is 0.323 e. The number of rotatable bonds is 5. The summed E-state index contributed by atoms with van der Waals surface area (Å²) in [6.45, 7) is 1.89. The molecule has 0 aliphatic heterocycles. The fourth-order valence-corrected chi connectivity index (χ4v) is 5.13. The number of nitrogens with zero attached hydrogens (tertiary/aromatic N) is 1. The minimum atomic E-state index is -3.74. The molecule has 7 nitrogen and oxygen atoms in total. The van der Waals surface area contributed by atoms with E-state index in [1.54, 1.807) is 66.7 Å². The van der Waals surface area contributed by atoms with Gasteiger partial charge in [0.05, 0.1) is 15.1 Å². The SMILES string of the molecule is Cc1ccc(S(=O)(=O)Nc2nc3ccc(NC(=O)Nc4cccc(Cl)c4)cc3s2)cc1. The number of benzene rings is 3. The summed E-state index contributed by atoms with van der Waals surface area (Å²) in [5.41, 5.74) is 2.70. The highest BCUT2D eigenvalue weighted by molar-refractivity contribution is 7.93. The van der Waals surface area contributed by atoms with Crippen LogP contribution in [0, 0.1) is 6.92 Å². The molecule has 0 fully saturated rings. The van der Waals surface area contributed by atoms with Crippen LogP contribution in [0.1, 0.15) is 5.56 Å². The van der Waals surface area contributed by atoms with Crippen LogP contribution in [0.4, 0.5) is 21.3 Å². The summed E-state index contributed by atoms with van der Waals surface area (Å²) in [6, 6.07) is 18.1. The molecule has 3 N–H and O–H groups in total. The Bertz CT molecular complexity index is 1370. The van der Waals surface area contributed by atoms with E-state index in [1.165, 1.54) is 11.3 Å². The van der Waals surface area contributed by atoms with Crippen molar-refractivity contribution in [3.63, 3.8) is 0 Å². The van der Waals surface area contributed by atoms with E-state index in [2.05, 4.69) is 20.3 Å². The van der Waals surface area contributed by atoms with E-state index in [9.17, 15) is 13.2 Å². The molecule has 4 aromatic rings. The van der Waals surface area contributed by atoms with Crippen LogP contribution >= 0.6 is 22.9 Å². The van der Waals surface area contributed by atoms with Crippen LogP contribution in [-0.2, 0) is 10.0 Å². The second-order valence-corrected chi connectivity index (χ2v) is 9.86. The molecule has 31 heavy (non-hydrogen) atoms. The van der Waals surface area contributed by atoms with Crippen molar-refractivity contribution in [1.82, 2.24) is 4.98 Å². The van der Waals surface area contributed by atoms with E-state index in [4.69, 9.17) is 11.6 Å². The third kappa shape index (κ3) is 5.13. The first kappa shape index (κ1) is 21.1. The summed E-state index contributed by atoms with van der Waals surface area (Å²) in [4.78, 5) is 16.7. The summed E-state index contributed by atoms with van der Waals surface area (Å²) in [7, 11) is -3.74. The number of aryl methyl sites for hydroxylation is 1. The highest BCUT2D eigenvalue weighted by atomic mass is 35.5. The number of hydrogen-bond acceptors (Lipinski definition) is 5. The van der Waals surface area contributed by atoms with Gasteiger partial charge >= 0.3 is 6.03 Å². The molecule has 1 aromatic heterocycles. The fraction of sp³-hybridized carbons (Fsp3) is 0.0476. The Balaban J connectivity index is 1.49. The summed E-state index contributed by atoms with van der Waals surface area (Å²) in [6.07, 6.45) is 0. The molecule has 4 rings (SSSR count). The van der Waals surface area contributed by atoms with Gasteiger partial charge in [-0.05, 0) is 55.5 Å². The van der Waals surface area contributed by atoms with Gasteiger partial charge in [0.1, 0.15) is 0 Å². The Morgan fingerprint density at radius 2 is 1.68 bits per heavy atom. The number of halogens is 1. The number of carbonyl (C=O) groups is 1. The van der Waals surface area contributed by atoms with E-state index < -0.39 is 16.1 Å². The number of carbonyl (C=O) groups excluding carboxylic acids is 1. The van der Waals surface area contributed by atoms with Crippen LogP contribution in [-0.4, -0.2) is 19.4 Å². The van der Waals surface area contributed by atoms with Crippen molar-refractivity contribution in [2.45, 2.75) is 11.8 Å². The van der Waals surface area contributed by atoms with E-state index in [0.717, 1.165) is 10.3 Å². The van der Waals surface area contributed by atoms with Gasteiger partial charge in [-0.15, -0.1) is 0 Å². The lowest BCUT2D eigenvalue weighted by Gasteiger charge is -2.07. The average Bonchev–Trinajstić information content (AvgIpc) is 3.09. The van der Waals surface area contributed by atoms with Gasteiger partial charge in [-0.2, -0.15) is 0 Å². The molecule has 0 aliphatic carbocycles. The number of aromatic nitrogens is 1. The van der Waals surface area contributed by atoms with Gasteiger partial charge in [0.15, 0.2) is 5.13 Å². The van der Waals surface area contributed by atoms with Crippen LogP contribution in [0.15, 0.2) is 71.6 Å². The Morgan fingerprint density at radius 1 is 0.968 bits per heavy atom. The van der Waals surface area contributed by atoms with Gasteiger partial charge < -0.3 is 10.6 Å². The van der Waals surface area contributed by atoms with Crippen molar-refractivity contribution in [3.8, 4) is 0 Å². The van der Waals surface area contributed by atoms with E-state index in [1.807, 2.05) is 6.92 Å². The Kier molecular flexibility index (Phi) is 5.81. The van der Waals surface area contributed by atoms with Gasteiger partial charge in [-0.1, -0.05) is 46.7 Å². The molecular weight excluding hydrogens is 456 g/mol.